The summed E-state index contributed by atoms with van der Waals surface area (Å²) in [6, 6.07) is 20.9. The zero-order valence-corrected chi connectivity index (χ0v) is 16.3. The third-order valence-corrected chi connectivity index (χ3v) is 6.20. The SMILES string of the molecule is CCc1ccccc1NC(=O)CN1CCc2sccc2[C@H]1c1ccccc1. The van der Waals surface area contributed by atoms with Crippen LogP contribution in [-0.4, -0.2) is 23.9 Å². The number of para-hydroxylation sites is 1. The van der Waals surface area contributed by atoms with E-state index in [0.717, 1.165) is 25.1 Å². The Bertz CT molecular complexity index is 919. The molecule has 1 N–H and O–H groups in total. The monoisotopic (exact) mass is 376 g/mol. The molecule has 27 heavy (non-hydrogen) atoms. The van der Waals surface area contributed by atoms with E-state index in [2.05, 4.69) is 58.9 Å². The largest absolute Gasteiger partial charge is 0.325 e. The lowest BCUT2D eigenvalue weighted by Crippen LogP contribution is -2.40. The highest BCUT2D eigenvalue weighted by Crippen LogP contribution is 2.37. The van der Waals surface area contributed by atoms with Crippen molar-refractivity contribution in [1.29, 1.82) is 0 Å². The Labute approximate surface area is 164 Å². The highest BCUT2D eigenvalue weighted by atomic mass is 32.1. The molecule has 1 aliphatic heterocycles. The van der Waals surface area contributed by atoms with E-state index in [1.54, 1.807) is 0 Å². The Kier molecular flexibility index (Phi) is 5.37. The van der Waals surface area contributed by atoms with Crippen LogP contribution in [-0.2, 0) is 17.6 Å². The molecule has 4 rings (SSSR count). The van der Waals surface area contributed by atoms with E-state index in [1.807, 2.05) is 35.6 Å². The minimum Gasteiger partial charge on any atom is -0.325 e. The lowest BCUT2D eigenvalue weighted by Gasteiger charge is -2.35. The second kappa shape index (κ2) is 8.07. The molecule has 0 unspecified atom stereocenters. The molecule has 4 heteroatoms. The molecule has 2 heterocycles. The molecule has 0 spiro atoms. The number of fused-ring (bicyclic) bond motifs is 1. The fourth-order valence-electron chi connectivity index (χ4n) is 3.89. The van der Waals surface area contributed by atoms with Crippen LogP contribution in [0.1, 0.15) is 34.5 Å². The Morgan fingerprint density at radius 3 is 2.70 bits per heavy atom. The number of nitrogens with one attached hydrogen (secondary N) is 1. The first kappa shape index (κ1) is 18.0. The van der Waals surface area contributed by atoms with Gasteiger partial charge in [0.15, 0.2) is 0 Å². The van der Waals surface area contributed by atoms with Gasteiger partial charge in [0.2, 0.25) is 5.91 Å². The summed E-state index contributed by atoms with van der Waals surface area (Å²) in [5.74, 6) is 0.0514. The molecule has 138 valence electrons. The van der Waals surface area contributed by atoms with Crippen molar-refractivity contribution in [2.24, 2.45) is 0 Å². The Morgan fingerprint density at radius 1 is 1.11 bits per heavy atom. The maximum Gasteiger partial charge on any atom is 0.238 e. The molecular weight excluding hydrogens is 352 g/mol. The number of hydrogen-bond acceptors (Lipinski definition) is 3. The van der Waals surface area contributed by atoms with Gasteiger partial charge in [-0.1, -0.05) is 55.5 Å². The van der Waals surface area contributed by atoms with Gasteiger partial charge in [-0.05, 0) is 47.0 Å². The fraction of sp³-hybridized carbons (Fsp3) is 0.261. The highest BCUT2D eigenvalue weighted by molar-refractivity contribution is 7.10. The first-order valence-electron chi connectivity index (χ1n) is 9.49. The summed E-state index contributed by atoms with van der Waals surface area (Å²) in [6.07, 6.45) is 1.92. The number of nitrogens with zero attached hydrogens (tertiary/aromatic N) is 1. The van der Waals surface area contributed by atoms with E-state index >= 15 is 0 Å². The van der Waals surface area contributed by atoms with E-state index in [-0.39, 0.29) is 11.9 Å². The average molecular weight is 377 g/mol. The topological polar surface area (TPSA) is 32.3 Å². The number of aryl methyl sites for hydroxylation is 1. The van der Waals surface area contributed by atoms with Crippen molar-refractivity contribution in [2.45, 2.75) is 25.8 Å². The van der Waals surface area contributed by atoms with Gasteiger partial charge in [0.1, 0.15) is 0 Å². The number of carbonyl (C=O) groups excluding carboxylic acids is 1. The summed E-state index contributed by atoms with van der Waals surface area (Å²) in [6.45, 7) is 3.40. The average Bonchev–Trinajstić information content (AvgIpc) is 3.17. The molecule has 1 amide bonds. The molecule has 1 aromatic heterocycles. The molecule has 1 aliphatic rings. The van der Waals surface area contributed by atoms with E-state index in [1.165, 1.54) is 21.6 Å². The van der Waals surface area contributed by atoms with Gasteiger partial charge in [-0.3, -0.25) is 9.69 Å². The summed E-state index contributed by atoms with van der Waals surface area (Å²) in [5.41, 5.74) is 4.69. The van der Waals surface area contributed by atoms with E-state index in [0.29, 0.717) is 6.54 Å². The number of rotatable bonds is 5. The van der Waals surface area contributed by atoms with Crippen molar-refractivity contribution in [1.82, 2.24) is 4.90 Å². The van der Waals surface area contributed by atoms with Crippen molar-refractivity contribution >= 4 is 22.9 Å². The molecule has 3 nitrogen and oxygen atoms in total. The lowest BCUT2D eigenvalue weighted by molar-refractivity contribution is -0.117. The van der Waals surface area contributed by atoms with Crippen LogP contribution >= 0.6 is 11.3 Å². The van der Waals surface area contributed by atoms with Gasteiger partial charge in [-0.15, -0.1) is 11.3 Å². The van der Waals surface area contributed by atoms with Crippen molar-refractivity contribution in [3.05, 3.63) is 87.6 Å². The summed E-state index contributed by atoms with van der Waals surface area (Å²) in [5, 5.41) is 5.29. The van der Waals surface area contributed by atoms with E-state index in [9.17, 15) is 4.79 Å². The lowest BCUT2D eigenvalue weighted by atomic mass is 9.93. The van der Waals surface area contributed by atoms with E-state index < -0.39 is 0 Å². The number of anilines is 1. The Balaban J connectivity index is 1.56. The van der Waals surface area contributed by atoms with Gasteiger partial charge in [-0.25, -0.2) is 0 Å². The predicted molar refractivity (Wildman–Crippen MR) is 112 cm³/mol. The standard InChI is InChI=1S/C23H24N2OS/c1-2-17-8-6-7-11-20(17)24-22(26)16-25-14-12-21-19(13-15-27-21)23(25)18-9-4-3-5-10-18/h3-11,13,15,23H,2,12,14,16H2,1H3,(H,24,26)/t23-/m1/s1. The van der Waals surface area contributed by atoms with Gasteiger partial charge in [-0.2, -0.15) is 0 Å². The highest BCUT2D eigenvalue weighted by Gasteiger charge is 2.30. The Hall–Kier alpha value is -2.43. The molecule has 0 aliphatic carbocycles. The third-order valence-electron chi connectivity index (χ3n) is 5.20. The van der Waals surface area contributed by atoms with Gasteiger partial charge in [0, 0.05) is 17.1 Å². The zero-order chi connectivity index (χ0) is 18.6. The second-order valence-corrected chi connectivity index (χ2v) is 7.89. The summed E-state index contributed by atoms with van der Waals surface area (Å²) >= 11 is 1.83. The normalized spacial score (nSPS) is 16.7. The van der Waals surface area contributed by atoms with Gasteiger partial charge in [0.25, 0.3) is 0 Å². The number of thiophene rings is 1. The molecule has 0 saturated carbocycles. The number of carbonyl (C=O) groups is 1. The molecule has 0 saturated heterocycles. The minimum atomic E-state index is 0.0514. The third kappa shape index (κ3) is 3.82. The number of amides is 1. The quantitative estimate of drug-likeness (QED) is 0.687. The molecule has 2 aromatic carbocycles. The van der Waals surface area contributed by atoms with Gasteiger partial charge in [0.05, 0.1) is 12.6 Å². The van der Waals surface area contributed by atoms with E-state index in [4.69, 9.17) is 0 Å². The molecule has 0 fully saturated rings. The van der Waals surface area contributed by atoms with Crippen molar-refractivity contribution in [2.75, 3.05) is 18.4 Å². The number of hydrogen-bond donors (Lipinski definition) is 1. The summed E-state index contributed by atoms with van der Waals surface area (Å²) in [7, 11) is 0. The van der Waals surface area contributed by atoms with Crippen LogP contribution in [0.3, 0.4) is 0 Å². The molecular formula is C23H24N2OS. The van der Waals surface area contributed by atoms with Crippen LogP contribution in [0.4, 0.5) is 5.69 Å². The van der Waals surface area contributed by atoms with Crippen LogP contribution in [0.5, 0.6) is 0 Å². The van der Waals surface area contributed by atoms with Gasteiger partial charge < -0.3 is 5.32 Å². The fourth-order valence-corrected chi connectivity index (χ4v) is 4.79. The minimum absolute atomic E-state index is 0.0514. The molecule has 0 bridgehead atoms. The van der Waals surface area contributed by atoms with Gasteiger partial charge >= 0.3 is 0 Å². The second-order valence-electron chi connectivity index (χ2n) is 6.89. The molecule has 3 aromatic rings. The van der Waals surface area contributed by atoms with Crippen LogP contribution in [0.2, 0.25) is 0 Å². The van der Waals surface area contributed by atoms with Crippen LogP contribution in [0.25, 0.3) is 0 Å². The maximum atomic E-state index is 12.8. The van der Waals surface area contributed by atoms with Crippen LogP contribution in [0.15, 0.2) is 66.0 Å². The smallest absolute Gasteiger partial charge is 0.238 e. The van der Waals surface area contributed by atoms with Crippen LogP contribution in [0, 0.1) is 0 Å². The van der Waals surface area contributed by atoms with Crippen molar-refractivity contribution in [3.63, 3.8) is 0 Å². The van der Waals surface area contributed by atoms with Crippen molar-refractivity contribution < 1.29 is 4.79 Å². The zero-order valence-electron chi connectivity index (χ0n) is 15.5. The van der Waals surface area contributed by atoms with Crippen LogP contribution < -0.4 is 5.32 Å². The summed E-state index contributed by atoms with van der Waals surface area (Å²) in [4.78, 5) is 16.6. The summed E-state index contributed by atoms with van der Waals surface area (Å²) < 4.78 is 0. The predicted octanol–water partition coefficient (Wildman–Crippen LogP) is 4.90. The maximum absolute atomic E-state index is 12.8. The number of benzene rings is 2. The first-order chi connectivity index (χ1) is 13.3. The molecule has 0 radical (unpaired) electrons. The first-order valence-corrected chi connectivity index (χ1v) is 10.4. The molecule has 1 atom stereocenters. The Morgan fingerprint density at radius 2 is 1.89 bits per heavy atom. The van der Waals surface area contributed by atoms with Crippen molar-refractivity contribution in [3.8, 4) is 0 Å².